The van der Waals surface area contributed by atoms with E-state index in [0.717, 1.165) is 18.6 Å². The van der Waals surface area contributed by atoms with Crippen LogP contribution in [0.4, 0.5) is 0 Å². The first-order chi connectivity index (χ1) is 8.06. The van der Waals surface area contributed by atoms with Crippen molar-refractivity contribution in [2.45, 2.75) is 45.6 Å². The zero-order chi connectivity index (χ0) is 12.6. The van der Waals surface area contributed by atoms with Gasteiger partial charge in [0.05, 0.1) is 13.2 Å². The highest BCUT2D eigenvalue weighted by Crippen LogP contribution is 2.44. The number of rotatable bonds is 2. The van der Waals surface area contributed by atoms with Crippen molar-refractivity contribution >= 4 is 0 Å². The van der Waals surface area contributed by atoms with E-state index in [-0.39, 0.29) is 6.10 Å². The van der Waals surface area contributed by atoms with Crippen molar-refractivity contribution < 1.29 is 9.84 Å². The van der Waals surface area contributed by atoms with Crippen LogP contribution in [0.5, 0.6) is 5.75 Å². The molecule has 94 valence electrons. The van der Waals surface area contributed by atoms with Gasteiger partial charge in [0.25, 0.3) is 0 Å². The van der Waals surface area contributed by atoms with Gasteiger partial charge in [-0.2, -0.15) is 0 Å². The molecule has 1 aliphatic carbocycles. The number of hydrogen-bond donors (Lipinski definition) is 1. The molecule has 3 unspecified atom stereocenters. The molecule has 0 aromatic heterocycles. The van der Waals surface area contributed by atoms with E-state index in [1.807, 2.05) is 0 Å². The lowest BCUT2D eigenvalue weighted by molar-refractivity contribution is 0.136. The molecule has 1 aromatic carbocycles. The third kappa shape index (κ3) is 2.06. The average Bonchev–Trinajstić information content (AvgIpc) is 2.64. The Hall–Kier alpha value is -1.02. The minimum atomic E-state index is -0.161. The largest absolute Gasteiger partial charge is 0.496 e. The minimum absolute atomic E-state index is 0.161. The van der Waals surface area contributed by atoms with Crippen molar-refractivity contribution in [3.63, 3.8) is 0 Å². The highest BCUT2D eigenvalue weighted by atomic mass is 16.5. The summed E-state index contributed by atoms with van der Waals surface area (Å²) < 4.78 is 5.57. The van der Waals surface area contributed by atoms with Gasteiger partial charge in [-0.05, 0) is 55.2 Å². The summed E-state index contributed by atoms with van der Waals surface area (Å²) in [4.78, 5) is 0. The van der Waals surface area contributed by atoms with Crippen molar-refractivity contribution in [2.75, 3.05) is 7.11 Å². The maximum atomic E-state index is 9.88. The molecule has 0 heterocycles. The third-order valence-corrected chi connectivity index (χ3v) is 4.33. The number of methoxy groups -OCH3 is 1. The van der Waals surface area contributed by atoms with E-state index in [0.29, 0.717) is 11.8 Å². The van der Waals surface area contributed by atoms with Crippen LogP contribution in [0.25, 0.3) is 0 Å². The van der Waals surface area contributed by atoms with Crippen LogP contribution in [-0.2, 0) is 0 Å². The van der Waals surface area contributed by atoms with Gasteiger partial charge >= 0.3 is 0 Å². The summed E-state index contributed by atoms with van der Waals surface area (Å²) >= 11 is 0. The number of aryl methyl sites for hydroxylation is 1. The van der Waals surface area contributed by atoms with Crippen LogP contribution in [0, 0.1) is 19.8 Å². The van der Waals surface area contributed by atoms with E-state index in [9.17, 15) is 5.11 Å². The second kappa shape index (κ2) is 4.69. The van der Waals surface area contributed by atoms with Crippen molar-refractivity contribution in [1.82, 2.24) is 0 Å². The Morgan fingerprint density at radius 3 is 2.47 bits per heavy atom. The Labute approximate surface area is 104 Å². The van der Waals surface area contributed by atoms with E-state index >= 15 is 0 Å². The Morgan fingerprint density at radius 1 is 1.24 bits per heavy atom. The molecule has 1 N–H and O–H groups in total. The lowest BCUT2D eigenvalue weighted by atomic mass is 9.87. The van der Waals surface area contributed by atoms with Crippen LogP contribution in [0.2, 0.25) is 0 Å². The van der Waals surface area contributed by atoms with Crippen molar-refractivity contribution in [1.29, 1.82) is 0 Å². The first-order valence-corrected chi connectivity index (χ1v) is 6.38. The molecule has 1 aliphatic rings. The van der Waals surface area contributed by atoms with E-state index < -0.39 is 0 Å². The van der Waals surface area contributed by atoms with Crippen LogP contribution in [0.15, 0.2) is 12.1 Å². The van der Waals surface area contributed by atoms with Gasteiger partial charge in [-0.1, -0.05) is 19.1 Å². The first kappa shape index (κ1) is 12.4. The molecule has 2 rings (SSSR count). The number of benzene rings is 1. The molecular formula is C15H22O2. The van der Waals surface area contributed by atoms with Crippen LogP contribution in [0.1, 0.15) is 42.4 Å². The fraction of sp³-hybridized carbons (Fsp3) is 0.600. The van der Waals surface area contributed by atoms with Gasteiger partial charge in [-0.3, -0.25) is 0 Å². The summed E-state index contributed by atoms with van der Waals surface area (Å²) in [5.74, 6) is 1.77. The molecule has 0 spiro atoms. The van der Waals surface area contributed by atoms with Crippen molar-refractivity contribution in [3.05, 3.63) is 28.8 Å². The lowest BCUT2D eigenvalue weighted by Gasteiger charge is -2.22. The molecule has 0 saturated heterocycles. The van der Waals surface area contributed by atoms with Crippen molar-refractivity contribution in [2.24, 2.45) is 5.92 Å². The van der Waals surface area contributed by atoms with Gasteiger partial charge in [0.1, 0.15) is 5.75 Å². The fourth-order valence-corrected chi connectivity index (χ4v) is 2.96. The lowest BCUT2D eigenvalue weighted by Crippen LogP contribution is -2.15. The molecule has 1 saturated carbocycles. The van der Waals surface area contributed by atoms with Gasteiger partial charge < -0.3 is 9.84 Å². The Kier molecular flexibility index (Phi) is 3.43. The maximum absolute atomic E-state index is 9.88. The molecule has 2 nitrogen and oxygen atoms in total. The summed E-state index contributed by atoms with van der Waals surface area (Å²) in [6, 6.07) is 4.32. The maximum Gasteiger partial charge on any atom is 0.125 e. The second-order valence-electron chi connectivity index (χ2n) is 5.24. The highest BCUT2D eigenvalue weighted by Gasteiger charge is 2.34. The number of hydrogen-bond acceptors (Lipinski definition) is 2. The van der Waals surface area contributed by atoms with E-state index in [4.69, 9.17) is 4.74 Å². The fourth-order valence-electron chi connectivity index (χ4n) is 2.96. The Balaban J connectivity index is 2.42. The number of aliphatic hydroxyl groups excluding tert-OH is 1. The Bertz CT molecular complexity index is 412. The summed E-state index contributed by atoms with van der Waals surface area (Å²) in [5.41, 5.74) is 3.75. The van der Waals surface area contributed by atoms with Gasteiger partial charge in [0.15, 0.2) is 0 Å². The monoisotopic (exact) mass is 234 g/mol. The summed E-state index contributed by atoms with van der Waals surface area (Å²) in [5, 5.41) is 9.88. The predicted octanol–water partition coefficient (Wildman–Crippen LogP) is 3.19. The van der Waals surface area contributed by atoms with Crippen LogP contribution in [0.3, 0.4) is 0 Å². The molecule has 1 aromatic rings. The molecule has 17 heavy (non-hydrogen) atoms. The molecule has 0 aliphatic heterocycles. The SMILES string of the molecule is COc1c(C2CCC(O)C2C)ccc(C)c1C. The smallest absolute Gasteiger partial charge is 0.125 e. The number of aliphatic hydroxyl groups is 1. The van der Waals surface area contributed by atoms with Crippen LogP contribution >= 0.6 is 0 Å². The summed E-state index contributed by atoms with van der Waals surface area (Å²) in [6.07, 6.45) is 1.80. The molecule has 0 amide bonds. The normalized spacial score (nSPS) is 28.4. The van der Waals surface area contributed by atoms with Crippen LogP contribution in [-0.4, -0.2) is 18.3 Å². The molecule has 0 bridgehead atoms. The highest BCUT2D eigenvalue weighted by molar-refractivity contribution is 5.47. The molecule has 2 heteroatoms. The minimum Gasteiger partial charge on any atom is -0.496 e. The number of ether oxygens (including phenoxy) is 1. The summed E-state index contributed by atoms with van der Waals surface area (Å²) in [6.45, 7) is 6.35. The van der Waals surface area contributed by atoms with Gasteiger partial charge in [-0.25, -0.2) is 0 Å². The molecule has 0 radical (unpaired) electrons. The standard InChI is InChI=1S/C15H22O2/c1-9-5-6-13(15(17-4)10(9)2)12-7-8-14(16)11(12)3/h5-6,11-12,14,16H,7-8H2,1-4H3. The van der Waals surface area contributed by atoms with Gasteiger partial charge in [0.2, 0.25) is 0 Å². The third-order valence-electron chi connectivity index (χ3n) is 4.33. The molecular weight excluding hydrogens is 212 g/mol. The zero-order valence-electron chi connectivity index (χ0n) is 11.2. The van der Waals surface area contributed by atoms with E-state index in [1.165, 1.54) is 16.7 Å². The first-order valence-electron chi connectivity index (χ1n) is 6.38. The van der Waals surface area contributed by atoms with E-state index in [1.54, 1.807) is 7.11 Å². The quantitative estimate of drug-likeness (QED) is 0.851. The average molecular weight is 234 g/mol. The molecule has 1 fully saturated rings. The van der Waals surface area contributed by atoms with E-state index in [2.05, 4.69) is 32.9 Å². The van der Waals surface area contributed by atoms with Gasteiger partial charge in [0, 0.05) is 0 Å². The van der Waals surface area contributed by atoms with Crippen LogP contribution < -0.4 is 4.74 Å². The Morgan fingerprint density at radius 2 is 1.94 bits per heavy atom. The van der Waals surface area contributed by atoms with Crippen molar-refractivity contribution in [3.8, 4) is 5.75 Å². The molecule has 3 atom stereocenters. The predicted molar refractivity (Wildman–Crippen MR) is 69.6 cm³/mol. The second-order valence-corrected chi connectivity index (χ2v) is 5.24. The van der Waals surface area contributed by atoms with Gasteiger partial charge in [-0.15, -0.1) is 0 Å². The zero-order valence-corrected chi connectivity index (χ0v) is 11.2. The topological polar surface area (TPSA) is 29.5 Å². The summed E-state index contributed by atoms with van der Waals surface area (Å²) in [7, 11) is 1.74.